The number of aromatic carboxylic acids is 1. The van der Waals surface area contributed by atoms with E-state index in [1.54, 1.807) is 10.1 Å². The summed E-state index contributed by atoms with van der Waals surface area (Å²) < 4.78 is 1.77. The van der Waals surface area contributed by atoms with E-state index in [0.29, 0.717) is 5.13 Å². The fourth-order valence-corrected chi connectivity index (χ4v) is 3.86. The predicted molar refractivity (Wildman–Crippen MR) is 106 cm³/mol. The Balaban J connectivity index is 1.99. The maximum Gasteiger partial charge on any atom is 0.355 e. The molecule has 2 aromatic heterocycles. The SMILES string of the molecule is CCc1c(-c2ccccc2)nn(-c2nc(C(=O)O)cs2)c1-c1ccccc1. The van der Waals surface area contributed by atoms with Crippen LogP contribution in [0.2, 0.25) is 0 Å². The van der Waals surface area contributed by atoms with E-state index in [9.17, 15) is 9.90 Å². The molecular weight excluding hydrogens is 358 g/mol. The van der Waals surface area contributed by atoms with Crippen LogP contribution in [-0.4, -0.2) is 25.8 Å². The fourth-order valence-electron chi connectivity index (χ4n) is 3.10. The number of benzene rings is 2. The van der Waals surface area contributed by atoms with Gasteiger partial charge in [-0.3, -0.25) is 0 Å². The van der Waals surface area contributed by atoms with Gasteiger partial charge in [-0.1, -0.05) is 67.6 Å². The zero-order chi connectivity index (χ0) is 18.8. The van der Waals surface area contributed by atoms with Crippen molar-refractivity contribution < 1.29 is 9.90 Å². The third-order valence-electron chi connectivity index (χ3n) is 4.32. The van der Waals surface area contributed by atoms with Gasteiger partial charge in [-0.25, -0.2) is 14.5 Å². The molecule has 4 aromatic rings. The highest BCUT2D eigenvalue weighted by Crippen LogP contribution is 2.35. The standard InChI is InChI=1S/C21H17N3O2S/c1-2-16-18(14-9-5-3-6-10-14)23-24(19(16)15-11-7-4-8-12-15)21-22-17(13-27-21)20(25)26/h3-13H,2H2,1H3,(H,25,26). The highest BCUT2D eigenvalue weighted by atomic mass is 32.1. The van der Waals surface area contributed by atoms with E-state index >= 15 is 0 Å². The minimum atomic E-state index is -1.04. The molecule has 0 amide bonds. The molecule has 0 saturated heterocycles. The first-order valence-electron chi connectivity index (χ1n) is 8.61. The molecule has 2 aromatic carbocycles. The van der Waals surface area contributed by atoms with Gasteiger partial charge in [-0.15, -0.1) is 11.3 Å². The van der Waals surface area contributed by atoms with Crippen molar-refractivity contribution >= 4 is 17.3 Å². The van der Waals surface area contributed by atoms with E-state index in [2.05, 4.69) is 11.9 Å². The molecule has 2 heterocycles. The average molecular weight is 375 g/mol. The van der Waals surface area contributed by atoms with Gasteiger partial charge in [0.15, 0.2) is 5.69 Å². The topological polar surface area (TPSA) is 68.0 Å². The number of nitrogens with zero attached hydrogens (tertiary/aromatic N) is 3. The lowest BCUT2D eigenvalue weighted by Crippen LogP contribution is -2.02. The molecule has 0 radical (unpaired) electrons. The van der Waals surface area contributed by atoms with E-state index < -0.39 is 5.97 Å². The molecule has 134 valence electrons. The molecule has 0 fully saturated rings. The maximum absolute atomic E-state index is 11.3. The third-order valence-corrected chi connectivity index (χ3v) is 5.14. The molecule has 0 spiro atoms. The predicted octanol–water partition coefficient (Wildman–Crippen LogP) is 4.92. The van der Waals surface area contributed by atoms with Crippen LogP contribution in [0.1, 0.15) is 23.0 Å². The van der Waals surface area contributed by atoms with E-state index in [1.165, 1.54) is 11.3 Å². The Morgan fingerprint density at radius 2 is 1.67 bits per heavy atom. The monoisotopic (exact) mass is 375 g/mol. The normalized spacial score (nSPS) is 10.9. The smallest absolute Gasteiger partial charge is 0.355 e. The highest BCUT2D eigenvalue weighted by molar-refractivity contribution is 7.12. The Hall–Kier alpha value is -3.25. The van der Waals surface area contributed by atoms with Crippen molar-refractivity contribution in [3.63, 3.8) is 0 Å². The Kier molecular flexibility index (Phi) is 4.56. The molecule has 0 aliphatic heterocycles. The summed E-state index contributed by atoms with van der Waals surface area (Å²) in [5, 5.41) is 16.2. The summed E-state index contributed by atoms with van der Waals surface area (Å²) in [6, 6.07) is 20.0. The number of carbonyl (C=O) groups is 1. The van der Waals surface area contributed by atoms with Crippen LogP contribution in [-0.2, 0) is 6.42 Å². The molecule has 0 aliphatic carbocycles. The first-order valence-corrected chi connectivity index (χ1v) is 9.49. The zero-order valence-corrected chi connectivity index (χ0v) is 15.5. The molecule has 0 unspecified atom stereocenters. The zero-order valence-electron chi connectivity index (χ0n) is 14.7. The molecule has 0 atom stereocenters. The van der Waals surface area contributed by atoms with Gasteiger partial charge in [-0.05, 0) is 6.42 Å². The lowest BCUT2D eigenvalue weighted by Gasteiger charge is -2.07. The van der Waals surface area contributed by atoms with Gasteiger partial charge >= 0.3 is 5.97 Å². The lowest BCUT2D eigenvalue weighted by molar-refractivity contribution is 0.0691. The van der Waals surface area contributed by atoms with Crippen LogP contribution in [0.15, 0.2) is 66.0 Å². The molecule has 4 rings (SSSR count). The third kappa shape index (κ3) is 3.15. The number of hydrogen-bond acceptors (Lipinski definition) is 4. The molecule has 1 N–H and O–H groups in total. The van der Waals surface area contributed by atoms with Crippen LogP contribution in [0, 0.1) is 0 Å². The second-order valence-electron chi connectivity index (χ2n) is 5.99. The summed E-state index contributed by atoms with van der Waals surface area (Å²) in [7, 11) is 0. The van der Waals surface area contributed by atoms with E-state index in [0.717, 1.165) is 34.5 Å². The van der Waals surface area contributed by atoms with Crippen LogP contribution in [0.4, 0.5) is 0 Å². The van der Waals surface area contributed by atoms with Gasteiger partial charge in [0.2, 0.25) is 5.13 Å². The van der Waals surface area contributed by atoms with Crippen molar-refractivity contribution in [2.45, 2.75) is 13.3 Å². The average Bonchev–Trinajstić information content (AvgIpc) is 3.34. The van der Waals surface area contributed by atoms with Crippen molar-refractivity contribution in [2.75, 3.05) is 0 Å². The molecule has 6 heteroatoms. The summed E-state index contributed by atoms with van der Waals surface area (Å²) in [6.45, 7) is 2.10. The van der Waals surface area contributed by atoms with Crippen LogP contribution >= 0.6 is 11.3 Å². The van der Waals surface area contributed by atoms with Crippen molar-refractivity contribution in [2.24, 2.45) is 0 Å². The molecular formula is C21H17N3O2S. The van der Waals surface area contributed by atoms with Crippen LogP contribution < -0.4 is 0 Å². The summed E-state index contributed by atoms with van der Waals surface area (Å²) >= 11 is 1.28. The van der Waals surface area contributed by atoms with Crippen molar-refractivity contribution in [1.29, 1.82) is 0 Å². The quantitative estimate of drug-likeness (QED) is 0.537. The Bertz CT molecular complexity index is 1090. The van der Waals surface area contributed by atoms with Crippen LogP contribution in [0.3, 0.4) is 0 Å². The molecule has 5 nitrogen and oxygen atoms in total. The molecule has 0 aliphatic rings. The Morgan fingerprint density at radius 1 is 1.04 bits per heavy atom. The summed E-state index contributed by atoms with van der Waals surface area (Å²) in [6.07, 6.45) is 0.797. The summed E-state index contributed by atoms with van der Waals surface area (Å²) in [5.41, 5.74) is 5.03. The van der Waals surface area contributed by atoms with Gasteiger partial charge in [0, 0.05) is 22.1 Å². The van der Waals surface area contributed by atoms with Gasteiger partial charge in [0.25, 0.3) is 0 Å². The van der Waals surface area contributed by atoms with Crippen LogP contribution in [0.5, 0.6) is 0 Å². The van der Waals surface area contributed by atoms with E-state index in [1.807, 2.05) is 60.7 Å². The number of carboxylic acids is 1. The number of aromatic nitrogens is 3. The maximum atomic E-state index is 11.3. The first kappa shape index (κ1) is 17.2. The lowest BCUT2D eigenvalue weighted by atomic mass is 10.00. The number of rotatable bonds is 5. The summed E-state index contributed by atoms with van der Waals surface area (Å²) in [5.74, 6) is -1.04. The number of thiazole rings is 1. The Labute approximate surface area is 160 Å². The Morgan fingerprint density at radius 3 is 2.22 bits per heavy atom. The molecule has 0 saturated carbocycles. The fraction of sp³-hybridized carbons (Fsp3) is 0.0952. The highest BCUT2D eigenvalue weighted by Gasteiger charge is 2.22. The van der Waals surface area contributed by atoms with Gasteiger partial charge in [-0.2, -0.15) is 5.10 Å². The first-order chi connectivity index (χ1) is 13.2. The minimum Gasteiger partial charge on any atom is -0.476 e. The van der Waals surface area contributed by atoms with E-state index in [-0.39, 0.29) is 5.69 Å². The molecule has 0 bridgehead atoms. The van der Waals surface area contributed by atoms with Gasteiger partial charge in [0.1, 0.15) is 0 Å². The second kappa shape index (κ2) is 7.17. The largest absolute Gasteiger partial charge is 0.476 e. The summed E-state index contributed by atoms with van der Waals surface area (Å²) in [4.78, 5) is 15.5. The second-order valence-corrected chi connectivity index (χ2v) is 6.83. The number of hydrogen-bond donors (Lipinski definition) is 1. The van der Waals surface area contributed by atoms with E-state index in [4.69, 9.17) is 5.10 Å². The van der Waals surface area contributed by atoms with Gasteiger partial charge < -0.3 is 5.11 Å². The van der Waals surface area contributed by atoms with Gasteiger partial charge in [0.05, 0.1) is 11.4 Å². The minimum absolute atomic E-state index is 0.0313. The molecule has 27 heavy (non-hydrogen) atoms. The van der Waals surface area contributed by atoms with Crippen molar-refractivity contribution in [3.8, 4) is 27.6 Å². The van der Waals surface area contributed by atoms with Crippen molar-refractivity contribution in [3.05, 3.63) is 77.3 Å². The number of carboxylic acid groups (broad SMARTS) is 1. The van der Waals surface area contributed by atoms with Crippen molar-refractivity contribution in [1.82, 2.24) is 14.8 Å². The van der Waals surface area contributed by atoms with Crippen LogP contribution in [0.25, 0.3) is 27.6 Å².